The Morgan fingerprint density at radius 3 is 2.69 bits per heavy atom. The molecule has 0 amide bonds. The average molecular weight is 223 g/mol. The van der Waals surface area contributed by atoms with E-state index in [4.69, 9.17) is 5.73 Å². The van der Waals surface area contributed by atoms with E-state index in [1.54, 1.807) is 16.9 Å². The molecule has 0 aromatic carbocycles. The lowest BCUT2D eigenvalue weighted by atomic mass is 9.92. The topological polar surface area (TPSA) is 60.9 Å². The van der Waals surface area contributed by atoms with Crippen molar-refractivity contribution >= 4 is 5.78 Å². The van der Waals surface area contributed by atoms with Crippen molar-refractivity contribution in [3.05, 3.63) is 18.0 Å². The molecule has 90 valence electrons. The number of hydrogen-bond donors (Lipinski definition) is 1. The zero-order valence-electron chi connectivity index (χ0n) is 10.3. The molecule has 1 rings (SSSR count). The fourth-order valence-electron chi connectivity index (χ4n) is 1.86. The zero-order valence-corrected chi connectivity index (χ0v) is 10.3. The van der Waals surface area contributed by atoms with E-state index in [1.807, 2.05) is 7.05 Å². The standard InChI is InChI=1S/C12H21N3O/c1-9(2)6-10(8-13)7-12(16)11-4-5-15(3)14-11/h4-5,9-10H,6-8,13H2,1-3H3. The Morgan fingerprint density at radius 1 is 1.56 bits per heavy atom. The van der Waals surface area contributed by atoms with E-state index >= 15 is 0 Å². The van der Waals surface area contributed by atoms with Crippen molar-refractivity contribution in [2.45, 2.75) is 26.7 Å². The molecule has 0 aliphatic carbocycles. The molecule has 2 N–H and O–H groups in total. The number of aromatic nitrogens is 2. The molecular weight excluding hydrogens is 202 g/mol. The number of hydrogen-bond acceptors (Lipinski definition) is 3. The Hall–Kier alpha value is -1.16. The first-order valence-electron chi connectivity index (χ1n) is 5.75. The van der Waals surface area contributed by atoms with Gasteiger partial charge in [-0.1, -0.05) is 13.8 Å². The third-order valence-corrected chi connectivity index (χ3v) is 2.61. The highest BCUT2D eigenvalue weighted by Crippen LogP contribution is 2.16. The zero-order chi connectivity index (χ0) is 12.1. The third-order valence-electron chi connectivity index (χ3n) is 2.61. The van der Waals surface area contributed by atoms with Crippen molar-refractivity contribution in [1.29, 1.82) is 0 Å². The summed E-state index contributed by atoms with van der Waals surface area (Å²) >= 11 is 0. The highest BCUT2D eigenvalue weighted by molar-refractivity contribution is 5.94. The molecule has 4 nitrogen and oxygen atoms in total. The Morgan fingerprint density at radius 2 is 2.25 bits per heavy atom. The van der Waals surface area contributed by atoms with E-state index in [-0.39, 0.29) is 11.7 Å². The lowest BCUT2D eigenvalue weighted by molar-refractivity contribution is 0.0952. The van der Waals surface area contributed by atoms with Gasteiger partial charge in [-0.05, 0) is 30.9 Å². The van der Waals surface area contributed by atoms with Crippen molar-refractivity contribution in [2.24, 2.45) is 24.6 Å². The summed E-state index contributed by atoms with van der Waals surface area (Å²) in [6.07, 6.45) is 3.29. The first kappa shape index (κ1) is 12.9. The highest BCUT2D eigenvalue weighted by Gasteiger charge is 2.16. The van der Waals surface area contributed by atoms with Crippen LogP contribution in [0.5, 0.6) is 0 Å². The second-order valence-corrected chi connectivity index (χ2v) is 4.73. The lowest BCUT2D eigenvalue weighted by Crippen LogP contribution is -2.20. The van der Waals surface area contributed by atoms with Crippen LogP contribution in [0.25, 0.3) is 0 Å². The fourth-order valence-corrected chi connectivity index (χ4v) is 1.86. The van der Waals surface area contributed by atoms with Crippen LogP contribution in [-0.4, -0.2) is 22.1 Å². The van der Waals surface area contributed by atoms with Crippen molar-refractivity contribution in [3.63, 3.8) is 0 Å². The molecule has 0 saturated carbocycles. The van der Waals surface area contributed by atoms with E-state index in [9.17, 15) is 4.79 Å². The molecule has 1 aromatic heterocycles. The minimum absolute atomic E-state index is 0.0942. The molecule has 0 aliphatic heterocycles. The van der Waals surface area contributed by atoms with Gasteiger partial charge in [-0.15, -0.1) is 0 Å². The Bertz CT molecular complexity index is 344. The van der Waals surface area contributed by atoms with Crippen molar-refractivity contribution in [3.8, 4) is 0 Å². The molecule has 16 heavy (non-hydrogen) atoms. The predicted octanol–water partition coefficient (Wildman–Crippen LogP) is 1.61. The maximum absolute atomic E-state index is 11.9. The molecule has 1 atom stereocenters. The van der Waals surface area contributed by atoms with E-state index in [1.165, 1.54) is 0 Å². The molecule has 4 heteroatoms. The number of carbonyl (C=O) groups excluding carboxylic acids is 1. The van der Waals surface area contributed by atoms with Gasteiger partial charge >= 0.3 is 0 Å². The van der Waals surface area contributed by atoms with Crippen molar-refractivity contribution < 1.29 is 4.79 Å². The van der Waals surface area contributed by atoms with Crippen LogP contribution in [0, 0.1) is 11.8 Å². The Kier molecular flexibility index (Phi) is 4.68. The van der Waals surface area contributed by atoms with Gasteiger partial charge in [-0.2, -0.15) is 5.10 Å². The van der Waals surface area contributed by atoms with Gasteiger partial charge in [0.05, 0.1) is 0 Å². The fraction of sp³-hybridized carbons (Fsp3) is 0.667. The van der Waals surface area contributed by atoms with Gasteiger partial charge in [-0.25, -0.2) is 0 Å². The summed E-state index contributed by atoms with van der Waals surface area (Å²) in [6, 6.07) is 1.76. The van der Waals surface area contributed by atoms with E-state index in [2.05, 4.69) is 18.9 Å². The van der Waals surface area contributed by atoms with Crippen LogP contribution in [0.15, 0.2) is 12.3 Å². The Balaban J connectivity index is 2.55. The van der Waals surface area contributed by atoms with Crippen molar-refractivity contribution in [1.82, 2.24) is 9.78 Å². The van der Waals surface area contributed by atoms with Gasteiger partial charge in [0.2, 0.25) is 0 Å². The van der Waals surface area contributed by atoms with Gasteiger partial charge in [0.1, 0.15) is 5.69 Å². The van der Waals surface area contributed by atoms with Crippen LogP contribution in [0.4, 0.5) is 0 Å². The average Bonchev–Trinajstić information content (AvgIpc) is 2.63. The number of Topliss-reactive ketones (excluding diaryl/α,β-unsaturated/α-hetero) is 1. The molecule has 1 aromatic rings. The van der Waals surface area contributed by atoms with Crippen LogP contribution < -0.4 is 5.73 Å². The number of rotatable bonds is 6. The van der Waals surface area contributed by atoms with Crippen LogP contribution in [0.2, 0.25) is 0 Å². The number of aryl methyl sites for hydroxylation is 1. The first-order valence-corrected chi connectivity index (χ1v) is 5.75. The number of nitrogens with zero attached hydrogens (tertiary/aromatic N) is 2. The van der Waals surface area contributed by atoms with Gasteiger partial charge in [0, 0.05) is 19.7 Å². The van der Waals surface area contributed by atoms with Gasteiger partial charge in [-0.3, -0.25) is 9.48 Å². The minimum atomic E-state index is 0.0942. The summed E-state index contributed by atoms with van der Waals surface area (Å²) < 4.78 is 1.65. The molecule has 1 unspecified atom stereocenters. The summed E-state index contributed by atoms with van der Waals surface area (Å²) in [4.78, 5) is 11.9. The molecular formula is C12H21N3O. The molecule has 1 heterocycles. The van der Waals surface area contributed by atoms with Crippen LogP contribution in [-0.2, 0) is 7.05 Å². The third kappa shape index (κ3) is 3.77. The molecule has 0 aliphatic rings. The highest BCUT2D eigenvalue weighted by atomic mass is 16.1. The summed E-state index contributed by atoms with van der Waals surface area (Å²) in [6.45, 7) is 4.86. The second kappa shape index (κ2) is 5.80. The summed E-state index contributed by atoms with van der Waals surface area (Å²) in [5.74, 6) is 0.941. The van der Waals surface area contributed by atoms with Gasteiger partial charge in [0.15, 0.2) is 5.78 Å². The molecule has 0 fully saturated rings. The maximum atomic E-state index is 11.9. The van der Waals surface area contributed by atoms with E-state index in [0.717, 1.165) is 6.42 Å². The summed E-state index contributed by atoms with van der Waals surface area (Å²) in [5.41, 5.74) is 6.22. The van der Waals surface area contributed by atoms with Crippen LogP contribution >= 0.6 is 0 Å². The monoisotopic (exact) mass is 223 g/mol. The van der Waals surface area contributed by atoms with E-state index < -0.39 is 0 Å². The number of nitrogens with two attached hydrogens (primary N) is 1. The molecule has 0 saturated heterocycles. The largest absolute Gasteiger partial charge is 0.330 e. The van der Waals surface area contributed by atoms with Crippen molar-refractivity contribution in [2.75, 3.05) is 6.54 Å². The number of carbonyl (C=O) groups is 1. The second-order valence-electron chi connectivity index (χ2n) is 4.73. The molecule has 0 spiro atoms. The van der Waals surface area contributed by atoms with Gasteiger partial charge < -0.3 is 5.73 Å². The van der Waals surface area contributed by atoms with Gasteiger partial charge in [0.25, 0.3) is 0 Å². The quantitative estimate of drug-likeness (QED) is 0.745. The van der Waals surface area contributed by atoms with Crippen LogP contribution in [0.3, 0.4) is 0 Å². The SMILES string of the molecule is CC(C)CC(CN)CC(=O)c1ccn(C)n1. The smallest absolute Gasteiger partial charge is 0.183 e. The predicted molar refractivity (Wildman–Crippen MR) is 64.2 cm³/mol. The normalized spacial score (nSPS) is 13.1. The van der Waals surface area contributed by atoms with Crippen LogP contribution in [0.1, 0.15) is 37.2 Å². The molecule has 0 radical (unpaired) electrons. The number of ketones is 1. The Labute approximate surface area is 96.8 Å². The first-order chi connectivity index (χ1) is 7.52. The molecule has 0 bridgehead atoms. The maximum Gasteiger partial charge on any atom is 0.183 e. The summed E-state index contributed by atoms with van der Waals surface area (Å²) in [5, 5.41) is 4.10. The lowest BCUT2D eigenvalue weighted by Gasteiger charge is -2.15. The summed E-state index contributed by atoms with van der Waals surface area (Å²) in [7, 11) is 1.81. The van der Waals surface area contributed by atoms with E-state index in [0.29, 0.717) is 24.6 Å². The minimum Gasteiger partial charge on any atom is -0.330 e.